The molecule has 0 unspecified atom stereocenters. The summed E-state index contributed by atoms with van der Waals surface area (Å²) < 4.78 is 22.1. The summed E-state index contributed by atoms with van der Waals surface area (Å²) in [5.41, 5.74) is 10.4. The van der Waals surface area contributed by atoms with Crippen LogP contribution in [-0.2, 0) is 18.9 Å². The highest BCUT2D eigenvalue weighted by atomic mass is 16.7. The predicted octanol–water partition coefficient (Wildman–Crippen LogP) is 2.65. The van der Waals surface area contributed by atoms with Crippen LogP contribution in [0.4, 0.5) is 0 Å². The predicted molar refractivity (Wildman–Crippen MR) is 83.3 cm³/mol. The lowest BCUT2D eigenvalue weighted by Crippen LogP contribution is -2.27. The van der Waals surface area contributed by atoms with Crippen molar-refractivity contribution in [3.63, 3.8) is 0 Å². The fraction of sp³-hybridized carbons (Fsp3) is 0.412. The summed E-state index contributed by atoms with van der Waals surface area (Å²) in [6.07, 6.45) is 2.31. The average Bonchev–Trinajstić information content (AvgIpc) is 3.33. The lowest BCUT2D eigenvalue weighted by molar-refractivity contribution is -0.0246. The largest absolute Gasteiger partial charge is 0.455 e. The van der Waals surface area contributed by atoms with Gasteiger partial charge in [0, 0.05) is 16.0 Å². The van der Waals surface area contributed by atoms with E-state index in [4.69, 9.17) is 24.5 Å². The van der Waals surface area contributed by atoms with Gasteiger partial charge in [0.05, 0.1) is 31.3 Å². The zero-order valence-electron chi connectivity index (χ0n) is 12.7. The van der Waals surface area contributed by atoms with Gasteiger partial charge in [-0.05, 0) is 17.7 Å². The van der Waals surface area contributed by atoms with Crippen LogP contribution in [0.3, 0.4) is 0 Å². The second kappa shape index (κ2) is 6.46. The van der Waals surface area contributed by atoms with Crippen molar-refractivity contribution in [2.75, 3.05) is 13.2 Å². The lowest BCUT2D eigenvalue weighted by atomic mass is 10.0. The summed E-state index contributed by atoms with van der Waals surface area (Å²) in [6.45, 7) is 0.870. The Labute approximate surface area is 138 Å². The summed E-state index contributed by atoms with van der Waals surface area (Å²) in [5, 5.41) is 3.72. The van der Waals surface area contributed by atoms with E-state index in [1.54, 1.807) is 0 Å². The number of rotatable bonds is 2. The Hall–Kier alpha value is -2.65. The number of hydrogen-bond acceptors (Lipinski definition) is 5. The first-order valence-corrected chi connectivity index (χ1v) is 7.70. The van der Waals surface area contributed by atoms with Crippen LogP contribution < -0.4 is 0 Å². The minimum atomic E-state index is -0.409. The van der Waals surface area contributed by atoms with E-state index in [-0.39, 0.29) is 24.2 Å². The first-order chi connectivity index (χ1) is 11.8. The third-order valence-corrected chi connectivity index (χ3v) is 4.25. The van der Waals surface area contributed by atoms with Gasteiger partial charge in [-0.2, -0.15) is 0 Å². The molecule has 4 atom stereocenters. The molecule has 7 nitrogen and oxygen atoms in total. The van der Waals surface area contributed by atoms with Crippen LogP contribution >= 0.6 is 0 Å². The first kappa shape index (κ1) is 14.9. The molecule has 0 radical (unpaired) electrons. The minimum Gasteiger partial charge on any atom is -0.455 e. The monoisotopic (exact) mass is 325 g/mol. The van der Waals surface area contributed by atoms with Gasteiger partial charge in [-0.15, -0.1) is 0 Å². The van der Waals surface area contributed by atoms with Crippen molar-refractivity contribution in [1.82, 2.24) is 0 Å². The maximum Gasteiger partial charge on any atom is 0.266 e. The molecular formula is C17H15N3O4. The molecule has 0 aliphatic carbocycles. The van der Waals surface area contributed by atoms with Crippen LogP contribution in [0.5, 0.6) is 0 Å². The maximum absolute atomic E-state index is 8.57. The van der Waals surface area contributed by atoms with Crippen LogP contribution in [-0.4, -0.2) is 31.5 Å². The molecule has 7 heteroatoms. The number of fused-ring (bicyclic) bond motifs is 1. The van der Waals surface area contributed by atoms with Crippen molar-refractivity contribution >= 4 is 0 Å². The van der Waals surface area contributed by atoms with Gasteiger partial charge in [-0.1, -0.05) is 29.1 Å². The fourth-order valence-electron chi connectivity index (χ4n) is 3.10. The highest BCUT2D eigenvalue weighted by Crippen LogP contribution is 2.32. The normalized spacial score (nSPS) is 30.7. The standard InChI is InChI=1S/C17H15N3O4/c18-20-19-14-10-24-15-13(9-23-16(14)15)5-4-11-2-1-3-12(8-11)17-21-6-7-22-17/h1-3,6-8,13-17H,9-10H2/t13-,14-,15+,16+/m0/s1. The van der Waals surface area contributed by atoms with E-state index in [2.05, 4.69) is 21.9 Å². The molecule has 24 heavy (non-hydrogen) atoms. The van der Waals surface area contributed by atoms with Crippen LogP contribution in [0.1, 0.15) is 17.4 Å². The van der Waals surface area contributed by atoms with E-state index < -0.39 is 6.29 Å². The second-order valence-electron chi connectivity index (χ2n) is 5.75. The van der Waals surface area contributed by atoms with Crippen LogP contribution in [0.25, 0.3) is 10.4 Å². The van der Waals surface area contributed by atoms with E-state index in [0.717, 1.165) is 11.1 Å². The first-order valence-electron chi connectivity index (χ1n) is 7.70. The van der Waals surface area contributed by atoms with Crippen molar-refractivity contribution < 1.29 is 18.9 Å². The number of azide groups is 1. The molecule has 4 rings (SSSR count). The van der Waals surface area contributed by atoms with Crippen LogP contribution in [0.2, 0.25) is 0 Å². The van der Waals surface area contributed by atoms with Gasteiger partial charge in [0.1, 0.15) is 18.6 Å². The maximum atomic E-state index is 8.57. The molecule has 0 amide bonds. The molecule has 0 spiro atoms. The zero-order chi connectivity index (χ0) is 16.4. The Bertz CT molecular complexity index is 755. The second-order valence-corrected chi connectivity index (χ2v) is 5.75. The van der Waals surface area contributed by atoms with Gasteiger partial charge in [0.25, 0.3) is 6.29 Å². The van der Waals surface area contributed by atoms with Crippen molar-refractivity contribution in [2.24, 2.45) is 11.0 Å². The highest BCUT2D eigenvalue weighted by Gasteiger charge is 2.46. The van der Waals surface area contributed by atoms with E-state index in [0.29, 0.717) is 13.2 Å². The Balaban J connectivity index is 1.47. The van der Waals surface area contributed by atoms with E-state index in [9.17, 15) is 0 Å². The molecule has 1 aromatic rings. The van der Waals surface area contributed by atoms with Gasteiger partial charge >= 0.3 is 0 Å². The molecule has 3 aliphatic rings. The van der Waals surface area contributed by atoms with Gasteiger partial charge in [0.15, 0.2) is 0 Å². The SMILES string of the molecule is [N-]=[N+]=N[C@H]1CO[C@H]2[C@@H]1OC[C@@H]2C#Cc1cccc(C2OC=CO2)c1. The highest BCUT2D eigenvalue weighted by molar-refractivity contribution is 5.38. The fourth-order valence-corrected chi connectivity index (χ4v) is 3.10. The smallest absolute Gasteiger partial charge is 0.266 e. The molecule has 0 bridgehead atoms. The molecular weight excluding hydrogens is 310 g/mol. The van der Waals surface area contributed by atoms with Gasteiger partial charge in [-0.3, -0.25) is 0 Å². The summed E-state index contributed by atoms with van der Waals surface area (Å²) in [4.78, 5) is 2.84. The number of ether oxygens (including phenoxy) is 4. The summed E-state index contributed by atoms with van der Waals surface area (Å²) in [7, 11) is 0. The zero-order valence-corrected chi connectivity index (χ0v) is 12.7. The van der Waals surface area contributed by atoms with Crippen molar-refractivity contribution in [3.8, 4) is 11.8 Å². The van der Waals surface area contributed by atoms with E-state index in [1.165, 1.54) is 12.5 Å². The summed E-state index contributed by atoms with van der Waals surface area (Å²) >= 11 is 0. The van der Waals surface area contributed by atoms with Crippen molar-refractivity contribution in [2.45, 2.75) is 24.5 Å². The van der Waals surface area contributed by atoms with Crippen molar-refractivity contribution in [1.29, 1.82) is 0 Å². The van der Waals surface area contributed by atoms with E-state index in [1.807, 2.05) is 24.3 Å². The number of hydrogen-bond donors (Lipinski definition) is 0. The summed E-state index contributed by atoms with van der Waals surface area (Å²) in [6, 6.07) is 7.46. The number of nitrogens with zero attached hydrogens (tertiary/aromatic N) is 3. The van der Waals surface area contributed by atoms with E-state index >= 15 is 0 Å². The minimum absolute atomic E-state index is 0.0294. The van der Waals surface area contributed by atoms with Crippen LogP contribution in [0, 0.1) is 17.8 Å². The Morgan fingerprint density at radius 3 is 2.79 bits per heavy atom. The van der Waals surface area contributed by atoms with Crippen molar-refractivity contribution in [3.05, 3.63) is 58.4 Å². The van der Waals surface area contributed by atoms with Gasteiger partial charge in [0.2, 0.25) is 0 Å². The van der Waals surface area contributed by atoms with Gasteiger partial charge in [-0.25, -0.2) is 0 Å². The molecule has 3 aliphatic heterocycles. The Morgan fingerprint density at radius 1 is 1.12 bits per heavy atom. The Kier molecular flexibility index (Phi) is 4.01. The topological polar surface area (TPSA) is 85.7 Å². The number of benzene rings is 1. The summed E-state index contributed by atoms with van der Waals surface area (Å²) in [5.74, 6) is 6.35. The molecule has 0 aromatic heterocycles. The quantitative estimate of drug-likeness (QED) is 0.362. The molecule has 3 heterocycles. The third kappa shape index (κ3) is 2.79. The molecule has 2 fully saturated rings. The molecule has 2 saturated heterocycles. The lowest BCUT2D eigenvalue weighted by Gasteiger charge is -2.11. The molecule has 1 aromatic carbocycles. The van der Waals surface area contributed by atoms with Crippen LogP contribution in [0.15, 0.2) is 41.9 Å². The molecule has 122 valence electrons. The third-order valence-electron chi connectivity index (χ3n) is 4.25. The average molecular weight is 325 g/mol. The van der Waals surface area contributed by atoms with Gasteiger partial charge < -0.3 is 18.9 Å². The Morgan fingerprint density at radius 2 is 1.96 bits per heavy atom. The molecule has 0 saturated carbocycles. The molecule has 0 N–H and O–H groups in total.